The van der Waals surface area contributed by atoms with Gasteiger partial charge in [0, 0.05) is 25.1 Å². The lowest BCUT2D eigenvalue weighted by atomic mass is 9.89. The van der Waals surface area contributed by atoms with E-state index >= 15 is 0 Å². The molecule has 78 valence electrons. The first-order chi connectivity index (χ1) is 6.86. The van der Waals surface area contributed by atoms with Crippen LogP contribution in [0.4, 0.5) is 5.13 Å². The number of hydrogen-bond acceptors (Lipinski definition) is 5. The lowest BCUT2D eigenvalue weighted by Gasteiger charge is -2.26. The van der Waals surface area contributed by atoms with E-state index in [1.54, 1.807) is 0 Å². The van der Waals surface area contributed by atoms with E-state index in [-0.39, 0.29) is 0 Å². The summed E-state index contributed by atoms with van der Waals surface area (Å²) in [6.45, 7) is 1.11. The average molecular weight is 212 g/mol. The summed E-state index contributed by atoms with van der Waals surface area (Å²) in [7, 11) is 2.08. The zero-order valence-corrected chi connectivity index (χ0v) is 9.33. The van der Waals surface area contributed by atoms with Crippen LogP contribution in [-0.4, -0.2) is 28.4 Å². The number of hydrogen-bond donors (Lipinski definition) is 0. The summed E-state index contributed by atoms with van der Waals surface area (Å²) in [5.41, 5.74) is 0. The highest BCUT2D eigenvalue weighted by Crippen LogP contribution is 2.25. The van der Waals surface area contributed by atoms with Gasteiger partial charge in [0.05, 0.1) is 0 Å². The Morgan fingerprint density at radius 1 is 1.36 bits per heavy atom. The summed E-state index contributed by atoms with van der Waals surface area (Å²) < 4.78 is 3.78. The molecule has 0 aliphatic heterocycles. The van der Waals surface area contributed by atoms with Crippen molar-refractivity contribution in [3.05, 3.63) is 0 Å². The Morgan fingerprint density at radius 3 is 2.79 bits per heavy atom. The second-order valence-corrected chi connectivity index (χ2v) is 4.74. The van der Waals surface area contributed by atoms with Crippen molar-refractivity contribution in [2.45, 2.75) is 32.1 Å². The van der Waals surface area contributed by atoms with Crippen molar-refractivity contribution < 1.29 is 0 Å². The molecule has 1 aliphatic carbocycles. The fraction of sp³-hybridized carbons (Fsp3) is 0.889. The minimum Gasteiger partial charge on any atom is -0.348 e. The molecule has 0 bridgehead atoms. The molecule has 1 saturated carbocycles. The van der Waals surface area contributed by atoms with Crippen molar-refractivity contribution in [1.82, 2.24) is 14.8 Å². The Morgan fingerprint density at radius 2 is 2.14 bits per heavy atom. The van der Waals surface area contributed by atoms with Crippen LogP contribution in [-0.2, 0) is 0 Å². The first-order valence-corrected chi connectivity index (χ1v) is 6.00. The molecule has 0 radical (unpaired) electrons. The van der Waals surface area contributed by atoms with E-state index in [2.05, 4.69) is 26.7 Å². The lowest BCUT2D eigenvalue weighted by molar-refractivity contribution is 0.362. The Kier molecular flexibility index (Phi) is 3.29. The van der Waals surface area contributed by atoms with Gasteiger partial charge in [0.2, 0.25) is 5.13 Å². The van der Waals surface area contributed by atoms with E-state index in [9.17, 15) is 0 Å². The van der Waals surface area contributed by atoms with Gasteiger partial charge in [-0.15, -0.1) is 0 Å². The molecule has 0 N–H and O–H groups in total. The third kappa shape index (κ3) is 2.41. The predicted octanol–water partition coefficient (Wildman–Crippen LogP) is 1.95. The van der Waals surface area contributed by atoms with Gasteiger partial charge >= 0.3 is 0 Å². The van der Waals surface area contributed by atoms with Crippen LogP contribution in [0.15, 0.2) is 0 Å². The molecular formula is C9H16N4S. The molecule has 1 fully saturated rings. The first-order valence-electron chi connectivity index (χ1n) is 5.22. The van der Waals surface area contributed by atoms with Crippen LogP contribution in [0.5, 0.6) is 0 Å². The average Bonchev–Trinajstić information content (AvgIpc) is 2.72. The van der Waals surface area contributed by atoms with Gasteiger partial charge < -0.3 is 4.90 Å². The van der Waals surface area contributed by atoms with Crippen molar-refractivity contribution in [3.63, 3.8) is 0 Å². The monoisotopic (exact) mass is 212 g/mol. The number of rotatable bonds is 3. The van der Waals surface area contributed by atoms with Crippen LogP contribution in [0.25, 0.3) is 0 Å². The standard InChI is InChI=1S/C9H16N4S/c1-13(9-10-11-12-14-9)7-8-5-3-2-4-6-8/h8H,2-7H2,1H3. The van der Waals surface area contributed by atoms with Crippen molar-refractivity contribution in [2.75, 3.05) is 18.5 Å². The Balaban J connectivity index is 1.84. The molecule has 0 saturated heterocycles. The maximum atomic E-state index is 3.96. The zero-order valence-electron chi connectivity index (χ0n) is 8.52. The van der Waals surface area contributed by atoms with Gasteiger partial charge in [-0.1, -0.05) is 28.8 Å². The first kappa shape index (κ1) is 9.83. The van der Waals surface area contributed by atoms with Crippen LogP contribution in [0.2, 0.25) is 0 Å². The second-order valence-electron chi connectivity index (χ2n) is 4.03. The number of anilines is 1. The summed E-state index contributed by atoms with van der Waals surface area (Å²) in [6, 6.07) is 0. The van der Waals surface area contributed by atoms with Crippen LogP contribution in [0, 0.1) is 5.92 Å². The predicted molar refractivity (Wildman–Crippen MR) is 57.5 cm³/mol. The van der Waals surface area contributed by atoms with Gasteiger partial charge in [-0.3, -0.25) is 0 Å². The molecule has 0 aromatic carbocycles. The zero-order chi connectivity index (χ0) is 9.80. The van der Waals surface area contributed by atoms with Crippen molar-refractivity contribution >= 4 is 16.7 Å². The smallest absolute Gasteiger partial charge is 0.227 e. The largest absolute Gasteiger partial charge is 0.348 e. The van der Waals surface area contributed by atoms with Crippen LogP contribution in [0.1, 0.15) is 32.1 Å². The van der Waals surface area contributed by atoms with E-state index in [1.807, 2.05) is 0 Å². The number of nitrogens with zero attached hydrogens (tertiary/aromatic N) is 4. The van der Waals surface area contributed by atoms with Crippen LogP contribution in [0.3, 0.4) is 0 Å². The molecule has 1 aromatic rings. The van der Waals surface area contributed by atoms with Gasteiger partial charge in [0.1, 0.15) is 0 Å². The highest BCUT2D eigenvalue weighted by atomic mass is 32.1. The molecule has 1 heterocycles. The molecule has 0 amide bonds. The molecule has 1 aliphatic rings. The summed E-state index contributed by atoms with van der Waals surface area (Å²) in [4.78, 5) is 2.18. The maximum Gasteiger partial charge on any atom is 0.227 e. The summed E-state index contributed by atoms with van der Waals surface area (Å²) in [6.07, 6.45) is 6.95. The van der Waals surface area contributed by atoms with Crippen molar-refractivity contribution in [3.8, 4) is 0 Å². The van der Waals surface area contributed by atoms with Crippen molar-refractivity contribution in [2.24, 2.45) is 5.92 Å². The van der Waals surface area contributed by atoms with E-state index in [0.29, 0.717) is 0 Å². The van der Waals surface area contributed by atoms with Gasteiger partial charge in [0.25, 0.3) is 0 Å². The van der Waals surface area contributed by atoms with Gasteiger partial charge in [-0.05, 0) is 24.0 Å². The van der Waals surface area contributed by atoms with Crippen LogP contribution >= 0.6 is 11.5 Å². The third-order valence-corrected chi connectivity index (χ3v) is 3.58. The van der Waals surface area contributed by atoms with E-state index in [0.717, 1.165) is 17.6 Å². The Bertz CT molecular complexity index is 256. The van der Waals surface area contributed by atoms with E-state index < -0.39 is 0 Å². The minimum absolute atomic E-state index is 0.845. The highest BCUT2D eigenvalue weighted by Gasteiger charge is 2.16. The van der Waals surface area contributed by atoms with Crippen LogP contribution < -0.4 is 4.90 Å². The normalized spacial score (nSPS) is 18.4. The van der Waals surface area contributed by atoms with E-state index in [1.165, 1.54) is 43.6 Å². The SMILES string of the molecule is CN(CC1CCCCC1)c1nnns1. The molecule has 0 spiro atoms. The summed E-state index contributed by atoms with van der Waals surface area (Å²) >= 11 is 1.37. The molecular weight excluding hydrogens is 196 g/mol. The number of aromatic nitrogens is 3. The third-order valence-electron chi connectivity index (χ3n) is 2.87. The lowest BCUT2D eigenvalue weighted by Crippen LogP contribution is -2.26. The van der Waals surface area contributed by atoms with Crippen molar-refractivity contribution in [1.29, 1.82) is 0 Å². The highest BCUT2D eigenvalue weighted by molar-refractivity contribution is 7.09. The van der Waals surface area contributed by atoms with E-state index in [4.69, 9.17) is 0 Å². The van der Waals surface area contributed by atoms with Gasteiger partial charge in [-0.2, -0.15) is 0 Å². The molecule has 5 heteroatoms. The van der Waals surface area contributed by atoms with Gasteiger partial charge in [-0.25, -0.2) is 0 Å². The van der Waals surface area contributed by atoms with Gasteiger partial charge in [0.15, 0.2) is 0 Å². The molecule has 4 nitrogen and oxygen atoms in total. The Hall–Kier alpha value is -0.710. The topological polar surface area (TPSA) is 41.9 Å². The Labute approximate surface area is 88.5 Å². The molecule has 2 rings (SSSR count). The molecule has 0 unspecified atom stereocenters. The fourth-order valence-electron chi connectivity index (χ4n) is 2.11. The second kappa shape index (κ2) is 4.68. The maximum absolute atomic E-state index is 3.96. The summed E-state index contributed by atoms with van der Waals surface area (Å²) in [5, 5.41) is 8.52. The molecule has 1 aromatic heterocycles. The fourth-order valence-corrected chi connectivity index (χ4v) is 2.54. The molecule has 0 atom stereocenters. The minimum atomic E-state index is 0.845. The molecule has 14 heavy (non-hydrogen) atoms. The quantitative estimate of drug-likeness (QED) is 0.768. The summed E-state index contributed by atoms with van der Waals surface area (Å²) in [5.74, 6) is 0.845.